The summed E-state index contributed by atoms with van der Waals surface area (Å²) in [6.07, 6.45) is 7.61. The molecule has 0 aromatic heterocycles. The number of rotatable bonds is 7. The fourth-order valence-electron chi connectivity index (χ4n) is 5.65. The van der Waals surface area contributed by atoms with Crippen molar-refractivity contribution in [2.45, 2.75) is 88.5 Å². The normalized spacial score (nSPS) is 26.9. The van der Waals surface area contributed by atoms with Gasteiger partial charge in [0.1, 0.15) is 18.0 Å². The summed E-state index contributed by atoms with van der Waals surface area (Å²) in [5.41, 5.74) is 1.36. The minimum Gasteiger partial charge on any atom is -0.486 e. The van der Waals surface area contributed by atoms with Gasteiger partial charge in [0.2, 0.25) is 11.8 Å². The van der Waals surface area contributed by atoms with Gasteiger partial charge in [0.25, 0.3) is 0 Å². The Hall–Kier alpha value is -2.38. The molecule has 4 rings (SSSR count). The van der Waals surface area contributed by atoms with Crippen molar-refractivity contribution in [3.05, 3.63) is 41.5 Å². The first-order chi connectivity index (χ1) is 16.1. The number of fused-ring (bicyclic) bond motifs is 3. The highest BCUT2D eigenvalue weighted by molar-refractivity contribution is 5.96. The molecule has 4 atom stereocenters. The quantitative estimate of drug-likeness (QED) is 0.548. The molecule has 3 aliphatic rings. The molecule has 1 aromatic carbocycles. The minimum atomic E-state index is -0.944. The monoisotopic (exact) mass is 456 g/mol. The summed E-state index contributed by atoms with van der Waals surface area (Å²) < 4.78 is 6.18. The standard InChI is InChI=1S/C26H36N2O5/c1-2-9-22(30)28(17-10-5-3-4-6-11-17)20-16-19(26(32)27-14-15-29)23-18-12-7-8-13-21(18)33-25(23)24(20)31/h7-8,12-13,16-17,20,23-25,29,31H,2-6,9-11,14-15H2,1H3,(H,27,32)/t20-,23+,24+,25+/m1/s1. The lowest BCUT2D eigenvalue weighted by Gasteiger charge is -2.44. The maximum atomic E-state index is 13.4. The van der Waals surface area contributed by atoms with Crippen LogP contribution in [0.1, 0.15) is 69.8 Å². The van der Waals surface area contributed by atoms with Crippen LogP contribution in [0.4, 0.5) is 0 Å². The van der Waals surface area contributed by atoms with Gasteiger partial charge in [-0.05, 0) is 31.4 Å². The van der Waals surface area contributed by atoms with E-state index < -0.39 is 24.2 Å². The van der Waals surface area contributed by atoms with Crippen molar-refractivity contribution < 1.29 is 24.5 Å². The van der Waals surface area contributed by atoms with E-state index in [1.165, 1.54) is 0 Å². The number of amides is 2. The zero-order valence-corrected chi connectivity index (χ0v) is 19.4. The number of nitrogens with one attached hydrogen (secondary N) is 1. The second kappa shape index (κ2) is 10.7. The summed E-state index contributed by atoms with van der Waals surface area (Å²) in [7, 11) is 0. The van der Waals surface area contributed by atoms with E-state index >= 15 is 0 Å². The molecule has 3 N–H and O–H groups in total. The van der Waals surface area contributed by atoms with Gasteiger partial charge >= 0.3 is 0 Å². The van der Waals surface area contributed by atoms with E-state index in [1.807, 2.05) is 36.1 Å². The fraction of sp³-hybridized carbons (Fsp3) is 0.615. The number of para-hydroxylation sites is 1. The first-order valence-corrected chi connectivity index (χ1v) is 12.4. The molecule has 180 valence electrons. The van der Waals surface area contributed by atoms with E-state index in [9.17, 15) is 19.8 Å². The van der Waals surface area contributed by atoms with E-state index in [1.54, 1.807) is 6.08 Å². The maximum absolute atomic E-state index is 13.4. The summed E-state index contributed by atoms with van der Waals surface area (Å²) in [5, 5.41) is 23.5. The van der Waals surface area contributed by atoms with Crippen molar-refractivity contribution in [2.75, 3.05) is 13.2 Å². The number of aliphatic hydroxyl groups excluding tert-OH is 2. The lowest BCUT2D eigenvalue weighted by atomic mass is 9.77. The molecule has 7 nitrogen and oxygen atoms in total. The minimum absolute atomic E-state index is 0.0220. The van der Waals surface area contributed by atoms with Gasteiger partial charge in [-0.1, -0.05) is 50.8 Å². The van der Waals surface area contributed by atoms with Crippen LogP contribution in [-0.2, 0) is 9.59 Å². The molecule has 0 unspecified atom stereocenters. The SMILES string of the molecule is CCCC(=O)N(C1CCCCCC1)[C@@H]1C=C(C(=O)NCCO)[C@@H]2c3ccccc3O[C@@H]2[C@H]1O. The van der Waals surface area contributed by atoms with Crippen LogP contribution in [-0.4, -0.2) is 64.4 Å². The van der Waals surface area contributed by atoms with Crippen molar-refractivity contribution in [3.63, 3.8) is 0 Å². The van der Waals surface area contributed by atoms with Crippen molar-refractivity contribution in [2.24, 2.45) is 0 Å². The van der Waals surface area contributed by atoms with Crippen LogP contribution in [0.5, 0.6) is 5.75 Å². The molecule has 1 saturated carbocycles. The Bertz CT molecular complexity index is 877. The van der Waals surface area contributed by atoms with Crippen LogP contribution in [0.15, 0.2) is 35.9 Å². The highest BCUT2D eigenvalue weighted by Gasteiger charge is 2.51. The molecule has 33 heavy (non-hydrogen) atoms. The third kappa shape index (κ3) is 4.80. The Labute approximate surface area is 195 Å². The van der Waals surface area contributed by atoms with Crippen molar-refractivity contribution >= 4 is 11.8 Å². The smallest absolute Gasteiger partial charge is 0.247 e. The van der Waals surface area contributed by atoms with Gasteiger partial charge in [0.15, 0.2) is 0 Å². The number of hydrogen-bond acceptors (Lipinski definition) is 5. The Morgan fingerprint density at radius 2 is 1.88 bits per heavy atom. The van der Waals surface area contributed by atoms with Gasteiger partial charge in [-0.2, -0.15) is 0 Å². The molecule has 1 fully saturated rings. The largest absolute Gasteiger partial charge is 0.486 e. The molecule has 0 radical (unpaired) electrons. The molecule has 2 aliphatic carbocycles. The number of carbonyl (C=O) groups is 2. The molecule has 2 amide bonds. The van der Waals surface area contributed by atoms with E-state index in [0.29, 0.717) is 17.7 Å². The van der Waals surface area contributed by atoms with E-state index in [0.717, 1.165) is 50.5 Å². The van der Waals surface area contributed by atoms with Crippen molar-refractivity contribution in [1.82, 2.24) is 10.2 Å². The first-order valence-electron chi connectivity index (χ1n) is 12.4. The Morgan fingerprint density at radius 1 is 1.15 bits per heavy atom. The lowest BCUT2D eigenvalue weighted by Crippen LogP contribution is -2.58. The molecule has 7 heteroatoms. The second-order valence-electron chi connectivity index (χ2n) is 9.38. The number of ether oxygens (including phenoxy) is 1. The van der Waals surface area contributed by atoms with Crippen LogP contribution < -0.4 is 10.1 Å². The van der Waals surface area contributed by atoms with Crippen LogP contribution in [0.3, 0.4) is 0 Å². The summed E-state index contributed by atoms with van der Waals surface area (Å²) in [4.78, 5) is 28.4. The van der Waals surface area contributed by atoms with Gasteiger partial charge < -0.3 is 25.2 Å². The maximum Gasteiger partial charge on any atom is 0.247 e. The lowest BCUT2D eigenvalue weighted by molar-refractivity contribution is -0.141. The van der Waals surface area contributed by atoms with Crippen LogP contribution in [0, 0.1) is 0 Å². The van der Waals surface area contributed by atoms with Gasteiger partial charge in [-0.15, -0.1) is 0 Å². The number of hydrogen-bond donors (Lipinski definition) is 3. The predicted octanol–water partition coefficient (Wildman–Crippen LogP) is 2.66. The third-order valence-electron chi connectivity index (χ3n) is 7.17. The van der Waals surface area contributed by atoms with E-state index in [2.05, 4.69) is 5.32 Å². The van der Waals surface area contributed by atoms with Crippen LogP contribution in [0.25, 0.3) is 0 Å². The predicted molar refractivity (Wildman–Crippen MR) is 125 cm³/mol. The summed E-state index contributed by atoms with van der Waals surface area (Å²) in [6.45, 7) is 1.97. The highest BCUT2D eigenvalue weighted by atomic mass is 16.5. The molecule has 1 aliphatic heterocycles. The molecular weight excluding hydrogens is 420 g/mol. The van der Waals surface area contributed by atoms with E-state index in [-0.39, 0.29) is 31.0 Å². The second-order valence-corrected chi connectivity index (χ2v) is 9.38. The van der Waals surface area contributed by atoms with Crippen molar-refractivity contribution in [1.29, 1.82) is 0 Å². The molecule has 0 bridgehead atoms. The van der Waals surface area contributed by atoms with Gasteiger partial charge in [-0.25, -0.2) is 0 Å². The fourth-order valence-corrected chi connectivity index (χ4v) is 5.65. The summed E-state index contributed by atoms with van der Waals surface area (Å²) in [6, 6.07) is 6.96. The number of benzene rings is 1. The molecule has 1 heterocycles. The summed E-state index contributed by atoms with van der Waals surface area (Å²) in [5.74, 6) is -0.0221. The zero-order valence-electron chi connectivity index (χ0n) is 19.4. The Morgan fingerprint density at radius 3 is 2.58 bits per heavy atom. The van der Waals surface area contributed by atoms with Crippen molar-refractivity contribution in [3.8, 4) is 5.75 Å². The number of nitrogens with zero attached hydrogens (tertiary/aromatic N) is 1. The van der Waals surface area contributed by atoms with Crippen LogP contribution in [0.2, 0.25) is 0 Å². The number of carbonyl (C=O) groups excluding carboxylic acids is 2. The zero-order chi connectivity index (χ0) is 23.4. The Balaban J connectivity index is 1.75. The average Bonchev–Trinajstić information content (AvgIpc) is 3.00. The molecule has 0 spiro atoms. The molecule has 0 saturated heterocycles. The average molecular weight is 457 g/mol. The molecular formula is C26H36N2O5. The summed E-state index contributed by atoms with van der Waals surface area (Å²) >= 11 is 0. The van der Waals surface area contributed by atoms with E-state index in [4.69, 9.17) is 4.74 Å². The van der Waals surface area contributed by atoms with Gasteiger partial charge in [0.05, 0.1) is 18.6 Å². The topological polar surface area (TPSA) is 99.1 Å². The number of aliphatic hydroxyl groups is 2. The van der Waals surface area contributed by atoms with Gasteiger partial charge in [-0.3, -0.25) is 9.59 Å². The van der Waals surface area contributed by atoms with Crippen LogP contribution >= 0.6 is 0 Å². The first kappa shape index (κ1) is 23.8. The molecule has 1 aromatic rings. The Kier molecular flexibility index (Phi) is 7.71. The van der Waals surface area contributed by atoms with Gasteiger partial charge in [0, 0.05) is 30.1 Å². The highest BCUT2D eigenvalue weighted by Crippen LogP contribution is 2.47. The third-order valence-corrected chi connectivity index (χ3v) is 7.17.